The molecular formula is C21H33N3O. The highest BCUT2D eigenvalue weighted by Crippen LogP contribution is 2.23. The predicted molar refractivity (Wildman–Crippen MR) is 104 cm³/mol. The number of hydrogen-bond acceptors (Lipinski definition) is 2. The summed E-state index contributed by atoms with van der Waals surface area (Å²) < 4.78 is 0. The fourth-order valence-corrected chi connectivity index (χ4v) is 4.39. The normalized spacial score (nSPS) is 22.8. The monoisotopic (exact) mass is 343 g/mol. The fourth-order valence-electron chi connectivity index (χ4n) is 4.39. The first-order valence-corrected chi connectivity index (χ1v) is 9.86. The Hall–Kier alpha value is -1.55. The number of aryl methyl sites for hydroxylation is 2. The molecule has 2 heterocycles. The molecule has 1 N–H and O–H groups in total. The predicted octanol–water partition coefficient (Wildman–Crippen LogP) is 4.28. The molecule has 3 rings (SSSR count). The van der Waals surface area contributed by atoms with E-state index in [1.807, 2.05) is 17.0 Å². The molecule has 25 heavy (non-hydrogen) atoms. The molecule has 138 valence electrons. The third-order valence-corrected chi connectivity index (χ3v) is 5.63. The number of piperidine rings is 2. The van der Waals surface area contributed by atoms with Crippen LogP contribution in [0.4, 0.5) is 10.5 Å². The molecule has 4 heteroatoms. The Balaban J connectivity index is 1.45. The number of hydrogen-bond donors (Lipinski definition) is 1. The molecule has 0 unspecified atom stereocenters. The fraction of sp³-hybridized carbons (Fsp3) is 0.667. The van der Waals surface area contributed by atoms with Gasteiger partial charge in [0.05, 0.1) is 0 Å². The van der Waals surface area contributed by atoms with Gasteiger partial charge in [-0.2, -0.15) is 0 Å². The van der Waals surface area contributed by atoms with Crippen molar-refractivity contribution < 1.29 is 4.79 Å². The molecule has 2 saturated heterocycles. The first-order chi connectivity index (χ1) is 12.0. The van der Waals surface area contributed by atoms with Crippen molar-refractivity contribution in [2.45, 2.75) is 46.5 Å². The summed E-state index contributed by atoms with van der Waals surface area (Å²) in [5, 5.41) is 3.07. The van der Waals surface area contributed by atoms with Gasteiger partial charge in [-0.05, 0) is 81.2 Å². The van der Waals surface area contributed by atoms with Crippen LogP contribution in [0.15, 0.2) is 18.2 Å². The summed E-state index contributed by atoms with van der Waals surface area (Å²) in [6.45, 7) is 12.0. The zero-order valence-corrected chi connectivity index (χ0v) is 16.1. The number of nitrogens with zero attached hydrogens (tertiary/aromatic N) is 2. The van der Waals surface area contributed by atoms with Crippen LogP contribution < -0.4 is 5.32 Å². The summed E-state index contributed by atoms with van der Waals surface area (Å²) in [5.41, 5.74) is 3.28. The lowest BCUT2D eigenvalue weighted by Gasteiger charge is -2.37. The standard InChI is InChI=1S/C21H33N3O/c1-16-5-4-8-23(14-16)15-19-6-9-24(10-7-19)21(25)22-20-12-17(2)11-18(3)13-20/h11-13,16,19H,4-10,14-15H2,1-3H3,(H,22,25)/t16-/m0/s1. The smallest absolute Gasteiger partial charge is 0.321 e. The van der Waals surface area contributed by atoms with Gasteiger partial charge in [0.15, 0.2) is 0 Å². The van der Waals surface area contributed by atoms with Crippen molar-refractivity contribution in [2.75, 3.05) is 38.0 Å². The van der Waals surface area contributed by atoms with Crippen molar-refractivity contribution in [1.82, 2.24) is 9.80 Å². The molecule has 2 aliphatic heterocycles. The molecule has 0 saturated carbocycles. The average molecular weight is 344 g/mol. The summed E-state index contributed by atoms with van der Waals surface area (Å²) in [7, 11) is 0. The van der Waals surface area contributed by atoms with Crippen molar-refractivity contribution >= 4 is 11.7 Å². The molecule has 0 aliphatic carbocycles. The lowest BCUT2D eigenvalue weighted by atomic mass is 9.94. The van der Waals surface area contributed by atoms with Gasteiger partial charge in [-0.15, -0.1) is 0 Å². The zero-order valence-electron chi connectivity index (χ0n) is 16.1. The van der Waals surface area contributed by atoms with Crippen molar-refractivity contribution in [3.63, 3.8) is 0 Å². The molecule has 1 aromatic rings. The van der Waals surface area contributed by atoms with Crippen LogP contribution in [0.1, 0.15) is 43.7 Å². The van der Waals surface area contributed by atoms with E-state index in [1.54, 1.807) is 0 Å². The van der Waals surface area contributed by atoms with E-state index >= 15 is 0 Å². The number of likely N-dealkylation sites (tertiary alicyclic amines) is 2. The summed E-state index contributed by atoms with van der Waals surface area (Å²) >= 11 is 0. The molecule has 0 spiro atoms. The molecular weight excluding hydrogens is 310 g/mol. The Morgan fingerprint density at radius 2 is 1.76 bits per heavy atom. The van der Waals surface area contributed by atoms with E-state index in [-0.39, 0.29) is 6.03 Å². The Kier molecular flexibility index (Phi) is 6.00. The number of urea groups is 1. The van der Waals surface area contributed by atoms with E-state index in [0.29, 0.717) is 0 Å². The number of amides is 2. The van der Waals surface area contributed by atoms with Crippen LogP contribution in [0.5, 0.6) is 0 Å². The molecule has 2 aliphatic rings. The van der Waals surface area contributed by atoms with Crippen LogP contribution in [0.2, 0.25) is 0 Å². The van der Waals surface area contributed by atoms with Crippen LogP contribution in [0.25, 0.3) is 0 Å². The van der Waals surface area contributed by atoms with E-state index in [1.165, 1.54) is 43.6 Å². The van der Waals surface area contributed by atoms with E-state index in [4.69, 9.17) is 0 Å². The van der Waals surface area contributed by atoms with E-state index in [0.717, 1.165) is 43.5 Å². The van der Waals surface area contributed by atoms with Gasteiger partial charge in [0.2, 0.25) is 0 Å². The number of anilines is 1. The lowest BCUT2D eigenvalue weighted by molar-refractivity contribution is 0.125. The van der Waals surface area contributed by atoms with Gasteiger partial charge in [0, 0.05) is 31.9 Å². The van der Waals surface area contributed by atoms with Gasteiger partial charge in [0.1, 0.15) is 0 Å². The maximum Gasteiger partial charge on any atom is 0.321 e. The molecule has 0 aromatic heterocycles. The van der Waals surface area contributed by atoms with Crippen LogP contribution >= 0.6 is 0 Å². The van der Waals surface area contributed by atoms with Crippen LogP contribution in [0, 0.1) is 25.7 Å². The highest BCUT2D eigenvalue weighted by Gasteiger charge is 2.26. The average Bonchev–Trinajstić information content (AvgIpc) is 2.54. The molecule has 0 bridgehead atoms. The van der Waals surface area contributed by atoms with Gasteiger partial charge in [-0.3, -0.25) is 0 Å². The van der Waals surface area contributed by atoms with Gasteiger partial charge < -0.3 is 15.1 Å². The largest absolute Gasteiger partial charge is 0.325 e. The minimum Gasteiger partial charge on any atom is -0.325 e. The third-order valence-electron chi connectivity index (χ3n) is 5.63. The summed E-state index contributed by atoms with van der Waals surface area (Å²) in [5.74, 6) is 1.59. The first-order valence-electron chi connectivity index (χ1n) is 9.86. The maximum absolute atomic E-state index is 12.5. The topological polar surface area (TPSA) is 35.6 Å². The van der Waals surface area contributed by atoms with Gasteiger partial charge in [-0.1, -0.05) is 13.0 Å². The van der Waals surface area contributed by atoms with Crippen LogP contribution in [-0.4, -0.2) is 48.6 Å². The summed E-state index contributed by atoms with van der Waals surface area (Å²) in [6.07, 6.45) is 4.99. The maximum atomic E-state index is 12.5. The Labute approximate surface area is 152 Å². The van der Waals surface area contributed by atoms with Crippen molar-refractivity contribution in [3.05, 3.63) is 29.3 Å². The first kappa shape index (κ1) is 18.2. The number of carbonyl (C=O) groups is 1. The number of benzene rings is 1. The van der Waals surface area contributed by atoms with Gasteiger partial charge in [0.25, 0.3) is 0 Å². The highest BCUT2D eigenvalue weighted by molar-refractivity contribution is 5.89. The quantitative estimate of drug-likeness (QED) is 0.889. The highest BCUT2D eigenvalue weighted by atomic mass is 16.2. The molecule has 1 atom stereocenters. The molecule has 4 nitrogen and oxygen atoms in total. The summed E-state index contributed by atoms with van der Waals surface area (Å²) in [6, 6.07) is 6.25. The minimum atomic E-state index is 0.0510. The Morgan fingerprint density at radius 3 is 2.40 bits per heavy atom. The second-order valence-corrected chi connectivity index (χ2v) is 8.24. The van der Waals surface area contributed by atoms with E-state index in [9.17, 15) is 4.79 Å². The van der Waals surface area contributed by atoms with Crippen molar-refractivity contribution in [2.24, 2.45) is 11.8 Å². The van der Waals surface area contributed by atoms with E-state index in [2.05, 4.69) is 37.1 Å². The van der Waals surface area contributed by atoms with Gasteiger partial charge >= 0.3 is 6.03 Å². The Morgan fingerprint density at radius 1 is 1.08 bits per heavy atom. The van der Waals surface area contributed by atoms with Gasteiger partial charge in [-0.25, -0.2) is 4.79 Å². The summed E-state index contributed by atoms with van der Waals surface area (Å²) in [4.78, 5) is 17.2. The second kappa shape index (κ2) is 8.22. The van der Waals surface area contributed by atoms with Crippen molar-refractivity contribution in [1.29, 1.82) is 0 Å². The SMILES string of the molecule is Cc1cc(C)cc(NC(=O)N2CCC(CN3CCC[C@H](C)C3)CC2)c1. The number of rotatable bonds is 3. The van der Waals surface area contributed by atoms with Crippen molar-refractivity contribution in [3.8, 4) is 0 Å². The third kappa shape index (κ3) is 5.21. The molecule has 2 fully saturated rings. The molecule has 1 aromatic carbocycles. The van der Waals surface area contributed by atoms with Crippen LogP contribution in [-0.2, 0) is 0 Å². The van der Waals surface area contributed by atoms with Crippen LogP contribution in [0.3, 0.4) is 0 Å². The Bertz CT molecular complexity index is 573. The minimum absolute atomic E-state index is 0.0510. The number of nitrogens with one attached hydrogen (secondary N) is 1. The molecule has 0 radical (unpaired) electrons. The van der Waals surface area contributed by atoms with E-state index < -0.39 is 0 Å². The second-order valence-electron chi connectivity index (χ2n) is 8.24. The molecule has 2 amide bonds. The lowest BCUT2D eigenvalue weighted by Crippen LogP contribution is -2.44. The zero-order chi connectivity index (χ0) is 17.8. The number of carbonyl (C=O) groups excluding carboxylic acids is 1.